The van der Waals surface area contributed by atoms with E-state index in [1.165, 1.54) is 0 Å². The molecule has 0 radical (unpaired) electrons. The van der Waals surface area contributed by atoms with Gasteiger partial charge in [-0.2, -0.15) is 0 Å². The molecule has 0 bridgehead atoms. The normalized spacial score (nSPS) is 11.2. The Morgan fingerprint density at radius 3 is 0.960 bits per heavy atom. The summed E-state index contributed by atoms with van der Waals surface area (Å²) in [7, 11) is 0. The van der Waals surface area contributed by atoms with Crippen LogP contribution in [0.4, 0.5) is 0 Å². The molecule has 2 aromatic rings. The van der Waals surface area contributed by atoms with Crippen molar-refractivity contribution in [3.8, 4) is 11.5 Å². The number of hydrogen-bond acceptors (Lipinski definition) is 3. The zero-order valence-electron chi connectivity index (χ0n) is 16.7. The van der Waals surface area contributed by atoms with E-state index in [1.54, 1.807) is 0 Å². The Balaban J connectivity index is 2.29. The molecule has 0 heterocycles. The third-order valence-electron chi connectivity index (χ3n) is 5.97. The average Bonchev–Trinajstić information content (AvgIpc) is 2.60. The zero-order valence-corrected chi connectivity index (χ0v) is 16.7. The van der Waals surface area contributed by atoms with Gasteiger partial charge in [0.1, 0.15) is 11.5 Å². The maximum absolute atomic E-state index is 10.2. The van der Waals surface area contributed by atoms with Crippen LogP contribution in [0.25, 0.3) is 0 Å². The Kier molecular flexibility index (Phi) is 5.48. The van der Waals surface area contributed by atoms with E-state index < -0.39 is 0 Å². The maximum atomic E-state index is 10.2. The van der Waals surface area contributed by atoms with E-state index in [0.29, 0.717) is 24.7 Å². The largest absolute Gasteiger partial charge is 0.507 e. The lowest BCUT2D eigenvalue weighted by Crippen LogP contribution is -2.06. The minimum absolute atomic E-state index is 0.384. The first kappa shape index (κ1) is 19.3. The van der Waals surface area contributed by atoms with Crippen LogP contribution in [0.1, 0.15) is 55.6 Å². The number of phenols is 2. The molecule has 0 spiro atoms. The maximum Gasteiger partial charge on any atom is 0.121 e. The molecule has 0 aromatic heterocycles. The lowest BCUT2D eigenvalue weighted by molar-refractivity contribution is 0.105. The van der Waals surface area contributed by atoms with E-state index in [-0.39, 0.29) is 0 Å². The summed E-state index contributed by atoms with van der Waals surface area (Å²) in [4.78, 5) is 0. The van der Waals surface area contributed by atoms with Crippen LogP contribution in [0.2, 0.25) is 0 Å². The highest BCUT2D eigenvalue weighted by molar-refractivity contribution is 5.54. The first-order chi connectivity index (χ1) is 11.6. The fraction of sp³-hybridized carbons (Fsp3) is 0.455. The molecular weight excluding hydrogens is 312 g/mol. The molecule has 2 rings (SSSR count). The third-order valence-corrected chi connectivity index (χ3v) is 5.97. The molecule has 3 heteroatoms. The summed E-state index contributed by atoms with van der Waals surface area (Å²) in [5.74, 6) is 0.769. The predicted octanol–water partition coefficient (Wildman–Crippen LogP) is 5.28. The van der Waals surface area contributed by atoms with Gasteiger partial charge in [-0.25, -0.2) is 0 Å². The van der Waals surface area contributed by atoms with Crippen LogP contribution in [0.5, 0.6) is 11.5 Å². The van der Waals surface area contributed by atoms with Gasteiger partial charge in [0, 0.05) is 0 Å². The van der Waals surface area contributed by atoms with Gasteiger partial charge in [0.05, 0.1) is 13.2 Å². The summed E-state index contributed by atoms with van der Waals surface area (Å²) in [5.41, 5.74) is 10.3. The summed E-state index contributed by atoms with van der Waals surface area (Å²) >= 11 is 0. The van der Waals surface area contributed by atoms with E-state index in [9.17, 15) is 10.2 Å². The second-order valence-corrected chi connectivity index (χ2v) is 7.15. The molecule has 0 aliphatic heterocycles. The molecule has 2 aromatic carbocycles. The predicted molar refractivity (Wildman–Crippen MR) is 103 cm³/mol. The molecular formula is C22H30O3. The second-order valence-electron chi connectivity index (χ2n) is 7.15. The first-order valence-electron chi connectivity index (χ1n) is 8.73. The fourth-order valence-electron chi connectivity index (χ4n) is 3.43. The van der Waals surface area contributed by atoms with Gasteiger partial charge < -0.3 is 14.9 Å². The van der Waals surface area contributed by atoms with Crippen molar-refractivity contribution >= 4 is 0 Å². The number of phenolic OH excluding ortho intramolecular Hbond substituents is 2. The number of benzene rings is 2. The van der Waals surface area contributed by atoms with Crippen molar-refractivity contribution in [2.45, 2.75) is 68.6 Å². The first-order valence-corrected chi connectivity index (χ1v) is 8.73. The van der Waals surface area contributed by atoms with Gasteiger partial charge in [0.25, 0.3) is 0 Å². The highest BCUT2D eigenvalue weighted by Gasteiger charge is 2.16. The molecule has 2 N–H and O–H groups in total. The molecule has 25 heavy (non-hydrogen) atoms. The van der Waals surface area contributed by atoms with Gasteiger partial charge in [-0.1, -0.05) is 0 Å². The van der Waals surface area contributed by atoms with Gasteiger partial charge in [-0.3, -0.25) is 0 Å². The molecule has 136 valence electrons. The van der Waals surface area contributed by atoms with Crippen LogP contribution in [0.3, 0.4) is 0 Å². The molecule has 0 aliphatic rings. The highest BCUT2D eigenvalue weighted by atomic mass is 16.5. The van der Waals surface area contributed by atoms with Crippen molar-refractivity contribution in [2.75, 3.05) is 0 Å². The van der Waals surface area contributed by atoms with Gasteiger partial charge in [0.15, 0.2) is 0 Å². The Hall–Kier alpha value is -2.00. The van der Waals surface area contributed by atoms with Crippen LogP contribution >= 0.6 is 0 Å². The number of ether oxygens (including phenoxy) is 1. The molecule has 0 unspecified atom stereocenters. The van der Waals surface area contributed by atoms with E-state index >= 15 is 0 Å². The Morgan fingerprint density at radius 1 is 0.480 bits per heavy atom. The standard InChI is InChI=1S/C22H30O3/c1-11-15(5)21(23)16(6)12(2)19(11)9-25-10-20-13(3)17(7)22(24)18(8)14(20)4/h23-24H,9-10H2,1-8H3. The van der Waals surface area contributed by atoms with Crippen molar-refractivity contribution in [1.29, 1.82) is 0 Å². The third kappa shape index (κ3) is 3.25. The van der Waals surface area contributed by atoms with Gasteiger partial charge in [-0.05, 0) is 111 Å². The van der Waals surface area contributed by atoms with E-state index in [0.717, 1.165) is 55.6 Å². The van der Waals surface area contributed by atoms with Gasteiger partial charge >= 0.3 is 0 Å². The fourth-order valence-corrected chi connectivity index (χ4v) is 3.43. The monoisotopic (exact) mass is 342 g/mol. The number of hydrogen-bond donors (Lipinski definition) is 2. The summed E-state index contributed by atoms with van der Waals surface area (Å²) < 4.78 is 6.07. The SMILES string of the molecule is Cc1c(C)c(COCc2c(C)c(C)c(O)c(C)c2C)c(C)c(C)c1O. The Morgan fingerprint density at radius 2 is 0.720 bits per heavy atom. The van der Waals surface area contributed by atoms with Crippen LogP contribution in [-0.4, -0.2) is 10.2 Å². The van der Waals surface area contributed by atoms with Crippen LogP contribution in [0.15, 0.2) is 0 Å². The summed E-state index contributed by atoms with van der Waals surface area (Å²) in [5, 5.41) is 20.4. The minimum atomic E-state index is 0.384. The average molecular weight is 342 g/mol. The van der Waals surface area contributed by atoms with E-state index in [1.807, 2.05) is 55.4 Å². The van der Waals surface area contributed by atoms with Crippen molar-refractivity contribution < 1.29 is 14.9 Å². The molecule has 0 aliphatic carbocycles. The lowest BCUT2D eigenvalue weighted by Gasteiger charge is -2.20. The Bertz CT molecular complexity index is 705. The summed E-state index contributed by atoms with van der Waals surface area (Å²) in [6.07, 6.45) is 0. The Labute approximate surface area is 151 Å². The minimum Gasteiger partial charge on any atom is -0.507 e. The van der Waals surface area contributed by atoms with Crippen molar-refractivity contribution in [3.63, 3.8) is 0 Å². The number of aromatic hydroxyl groups is 2. The molecule has 0 amide bonds. The van der Waals surface area contributed by atoms with Gasteiger partial charge in [-0.15, -0.1) is 0 Å². The van der Waals surface area contributed by atoms with Crippen LogP contribution < -0.4 is 0 Å². The van der Waals surface area contributed by atoms with Crippen molar-refractivity contribution in [2.24, 2.45) is 0 Å². The van der Waals surface area contributed by atoms with E-state index in [2.05, 4.69) is 0 Å². The topological polar surface area (TPSA) is 49.7 Å². The van der Waals surface area contributed by atoms with Gasteiger partial charge in [0.2, 0.25) is 0 Å². The molecule has 0 fully saturated rings. The zero-order chi connectivity index (χ0) is 19.0. The van der Waals surface area contributed by atoms with Crippen LogP contribution in [-0.2, 0) is 18.0 Å². The van der Waals surface area contributed by atoms with Crippen molar-refractivity contribution in [1.82, 2.24) is 0 Å². The lowest BCUT2D eigenvalue weighted by atomic mass is 9.93. The highest BCUT2D eigenvalue weighted by Crippen LogP contribution is 2.34. The van der Waals surface area contributed by atoms with E-state index in [4.69, 9.17) is 4.74 Å². The molecule has 0 atom stereocenters. The molecule has 3 nitrogen and oxygen atoms in total. The summed E-state index contributed by atoms with van der Waals surface area (Å²) in [6, 6.07) is 0. The number of rotatable bonds is 4. The van der Waals surface area contributed by atoms with Crippen LogP contribution in [0, 0.1) is 55.4 Å². The van der Waals surface area contributed by atoms with Crippen molar-refractivity contribution in [3.05, 3.63) is 55.6 Å². The summed E-state index contributed by atoms with van der Waals surface area (Å²) in [6.45, 7) is 16.9. The quantitative estimate of drug-likeness (QED) is 0.794. The second kappa shape index (κ2) is 7.09. The molecule has 0 saturated heterocycles. The molecule has 0 saturated carbocycles. The smallest absolute Gasteiger partial charge is 0.121 e.